The molecule has 1 aliphatic rings. The maximum Gasteiger partial charge on any atom is 0.255 e. The smallest absolute Gasteiger partial charge is 0.255 e. The Balaban J connectivity index is 1.97. The molecule has 1 fully saturated rings. The van der Waals surface area contributed by atoms with Gasteiger partial charge in [-0.2, -0.15) is 0 Å². The van der Waals surface area contributed by atoms with Gasteiger partial charge >= 0.3 is 0 Å². The number of carbonyl (C=O) groups excluding carboxylic acids is 1. The number of ether oxygens (including phenoxy) is 2. The Bertz CT molecular complexity index is 747. The monoisotopic (exact) mass is 343 g/mol. The lowest BCUT2D eigenvalue weighted by Gasteiger charge is -2.26. The van der Waals surface area contributed by atoms with Gasteiger partial charge in [0, 0.05) is 23.4 Å². The molecule has 0 aliphatic carbocycles. The van der Waals surface area contributed by atoms with Gasteiger partial charge in [-0.1, -0.05) is 30.3 Å². The molecular weight excluding hydrogens is 322 g/mol. The Hall–Kier alpha value is -2.14. The lowest BCUT2D eigenvalue weighted by molar-refractivity contribution is 0.0758. The SMILES string of the molecule is COc1cccc([C@@H]2SCCN2C(=O)c2ccccc2C)c1OC. The van der Waals surface area contributed by atoms with E-state index in [0.717, 1.165) is 29.0 Å². The predicted molar refractivity (Wildman–Crippen MR) is 97.0 cm³/mol. The fourth-order valence-electron chi connectivity index (χ4n) is 3.01. The highest BCUT2D eigenvalue weighted by Gasteiger charge is 2.34. The highest BCUT2D eigenvalue weighted by molar-refractivity contribution is 7.99. The summed E-state index contributed by atoms with van der Waals surface area (Å²) in [6, 6.07) is 13.5. The first-order valence-corrected chi connectivity index (χ1v) is 8.91. The zero-order valence-corrected chi connectivity index (χ0v) is 14.9. The fraction of sp³-hybridized carbons (Fsp3) is 0.316. The Labute approximate surface area is 146 Å². The number of aryl methyl sites for hydroxylation is 1. The summed E-state index contributed by atoms with van der Waals surface area (Å²) in [6.07, 6.45) is 0. The van der Waals surface area contributed by atoms with Crippen molar-refractivity contribution in [1.29, 1.82) is 0 Å². The molecule has 2 aromatic carbocycles. The number of rotatable bonds is 4. The van der Waals surface area contributed by atoms with Crippen LogP contribution < -0.4 is 9.47 Å². The standard InChI is InChI=1S/C19H21NO3S/c1-13-7-4-5-8-14(13)18(21)20-11-12-24-19(20)15-9-6-10-16(22-2)17(15)23-3/h4-10,19H,11-12H2,1-3H3/t19-/m0/s1. The highest BCUT2D eigenvalue weighted by Crippen LogP contribution is 2.45. The van der Waals surface area contributed by atoms with Crippen molar-refractivity contribution in [1.82, 2.24) is 4.90 Å². The number of amides is 1. The molecule has 0 saturated carbocycles. The van der Waals surface area contributed by atoms with Gasteiger partial charge in [-0.25, -0.2) is 0 Å². The molecule has 2 aromatic rings. The molecule has 0 spiro atoms. The molecule has 4 nitrogen and oxygen atoms in total. The molecule has 0 radical (unpaired) electrons. The van der Waals surface area contributed by atoms with Crippen LogP contribution in [0.5, 0.6) is 11.5 Å². The van der Waals surface area contributed by atoms with E-state index in [2.05, 4.69) is 0 Å². The molecule has 1 atom stereocenters. The van der Waals surface area contributed by atoms with E-state index in [9.17, 15) is 4.79 Å². The summed E-state index contributed by atoms with van der Waals surface area (Å²) in [4.78, 5) is 15.0. The van der Waals surface area contributed by atoms with E-state index in [1.54, 1.807) is 26.0 Å². The first-order chi connectivity index (χ1) is 11.7. The van der Waals surface area contributed by atoms with Gasteiger partial charge in [0.25, 0.3) is 5.91 Å². The third-order valence-electron chi connectivity index (χ3n) is 4.23. The van der Waals surface area contributed by atoms with Gasteiger partial charge < -0.3 is 14.4 Å². The molecule has 126 valence electrons. The largest absolute Gasteiger partial charge is 0.493 e. The Morgan fingerprint density at radius 2 is 1.92 bits per heavy atom. The fourth-order valence-corrected chi connectivity index (χ4v) is 4.28. The number of thioether (sulfide) groups is 1. The molecular formula is C19H21NO3S. The molecule has 1 aliphatic heterocycles. The van der Waals surface area contributed by atoms with Crippen LogP contribution in [-0.2, 0) is 0 Å². The number of hydrogen-bond donors (Lipinski definition) is 0. The molecule has 24 heavy (non-hydrogen) atoms. The van der Waals surface area contributed by atoms with Crippen molar-refractivity contribution in [2.75, 3.05) is 26.5 Å². The minimum Gasteiger partial charge on any atom is -0.493 e. The van der Waals surface area contributed by atoms with Crippen LogP contribution in [0.2, 0.25) is 0 Å². The van der Waals surface area contributed by atoms with Gasteiger partial charge in [0.2, 0.25) is 0 Å². The lowest BCUT2D eigenvalue weighted by Crippen LogP contribution is -2.31. The van der Waals surface area contributed by atoms with Crippen molar-refractivity contribution < 1.29 is 14.3 Å². The van der Waals surface area contributed by atoms with Crippen molar-refractivity contribution in [2.45, 2.75) is 12.3 Å². The number of methoxy groups -OCH3 is 2. The zero-order valence-electron chi connectivity index (χ0n) is 14.1. The van der Waals surface area contributed by atoms with Crippen LogP contribution in [-0.4, -0.2) is 37.3 Å². The van der Waals surface area contributed by atoms with Crippen molar-refractivity contribution in [2.24, 2.45) is 0 Å². The predicted octanol–water partition coefficient (Wildman–Crippen LogP) is 3.90. The van der Waals surface area contributed by atoms with E-state index in [1.165, 1.54) is 0 Å². The second-order valence-corrected chi connectivity index (χ2v) is 6.81. The molecule has 0 bridgehead atoms. The van der Waals surface area contributed by atoms with Gasteiger partial charge in [0.1, 0.15) is 5.37 Å². The Kier molecular flexibility index (Phi) is 5.00. The summed E-state index contributed by atoms with van der Waals surface area (Å²) >= 11 is 1.75. The van der Waals surface area contributed by atoms with E-state index >= 15 is 0 Å². The molecule has 1 amide bonds. The number of hydrogen-bond acceptors (Lipinski definition) is 4. The Morgan fingerprint density at radius 3 is 2.62 bits per heavy atom. The molecule has 0 unspecified atom stereocenters. The summed E-state index contributed by atoms with van der Waals surface area (Å²) in [7, 11) is 3.26. The minimum absolute atomic E-state index is 0.0629. The second-order valence-electron chi connectivity index (χ2n) is 5.62. The topological polar surface area (TPSA) is 38.8 Å². The van der Waals surface area contributed by atoms with Crippen LogP contribution >= 0.6 is 11.8 Å². The quantitative estimate of drug-likeness (QED) is 0.844. The van der Waals surface area contributed by atoms with Crippen LogP contribution in [0.25, 0.3) is 0 Å². The number of nitrogens with zero attached hydrogens (tertiary/aromatic N) is 1. The van der Waals surface area contributed by atoms with Gasteiger partial charge in [-0.05, 0) is 24.6 Å². The maximum atomic E-state index is 13.0. The lowest BCUT2D eigenvalue weighted by atomic mass is 10.1. The summed E-state index contributed by atoms with van der Waals surface area (Å²) in [5, 5.41) is -0.0674. The molecule has 3 rings (SSSR count). The van der Waals surface area contributed by atoms with E-state index in [1.807, 2.05) is 54.3 Å². The molecule has 5 heteroatoms. The van der Waals surface area contributed by atoms with Crippen molar-refractivity contribution >= 4 is 17.7 Å². The first-order valence-electron chi connectivity index (χ1n) is 7.86. The van der Waals surface area contributed by atoms with Gasteiger partial charge in [-0.15, -0.1) is 11.8 Å². The average Bonchev–Trinajstić information content (AvgIpc) is 3.10. The summed E-state index contributed by atoms with van der Waals surface area (Å²) in [5.74, 6) is 2.35. The maximum absolute atomic E-state index is 13.0. The third-order valence-corrected chi connectivity index (χ3v) is 5.47. The van der Waals surface area contributed by atoms with Gasteiger partial charge in [0.05, 0.1) is 14.2 Å². The van der Waals surface area contributed by atoms with E-state index in [0.29, 0.717) is 11.5 Å². The van der Waals surface area contributed by atoms with Gasteiger partial charge in [-0.3, -0.25) is 4.79 Å². The van der Waals surface area contributed by atoms with Crippen molar-refractivity contribution in [3.8, 4) is 11.5 Å². The highest BCUT2D eigenvalue weighted by atomic mass is 32.2. The van der Waals surface area contributed by atoms with Crippen LogP contribution in [0.3, 0.4) is 0 Å². The first kappa shape index (κ1) is 16.7. The molecule has 0 aromatic heterocycles. The average molecular weight is 343 g/mol. The second kappa shape index (κ2) is 7.18. The summed E-state index contributed by atoms with van der Waals surface area (Å²) in [6.45, 7) is 2.69. The van der Waals surface area contributed by atoms with Crippen LogP contribution in [0.4, 0.5) is 0 Å². The number of carbonyl (C=O) groups is 1. The van der Waals surface area contributed by atoms with E-state index in [-0.39, 0.29) is 11.3 Å². The third kappa shape index (κ3) is 2.96. The Morgan fingerprint density at radius 1 is 1.12 bits per heavy atom. The van der Waals surface area contributed by atoms with Crippen LogP contribution in [0, 0.1) is 6.92 Å². The number of para-hydroxylation sites is 1. The van der Waals surface area contributed by atoms with Crippen molar-refractivity contribution in [3.05, 3.63) is 59.2 Å². The van der Waals surface area contributed by atoms with Crippen LogP contribution in [0.1, 0.15) is 26.9 Å². The van der Waals surface area contributed by atoms with Crippen molar-refractivity contribution in [3.63, 3.8) is 0 Å². The minimum atomic E-state index is -0.0674. The van der Waals surface area contributed by atoms with Crippen LogP contribution in [0.15, 0.2) is 42.5 Å². The van der Waals surface area contributed by atoms with E-state index in [4.69, 9.17) is 9.47 Å². The molecule has 0 N–H and O–H groups in total. The molecule has 1 saturated heterocycles. The zero-order chi connectivity index (χ0) is 17.1. The summed E-state index contributed by atoms with van der Waals surface area (Å²) in [5.41, 5.74) is 2.73. The number of benzene rings is 2. The van der Waals surface area contributed by atoms with Gasteiger partial charge in [0.15, 0.2) is 11.5 Å². The molecule has 1 heterocycles. The van der Waals surface area contributed by atoms with E-state index < -0.39 is 0 Å². The summed E-state index contributed by atoms with van der Waals surface area (Å²) < 4.78 is 11.0. The normalized spacial score (nSPS) is 17.0.